The second kappa shape index (κ2) is 6.16. The van der Waals surface area contributed by atoms with Crippen LogP contribution in [0.2, 0.25) is 0 Å². The third-order valence-corrected chi connectivity index (χ3v) is 5.61. The summed E-state index contributed by atoms with van der Waals surface area (Å²) in [4.78, 5) is 15.4. The third kappa shape index (κ3) is 3.12. The molecule has 0 bridgehead atoms. The standard InChI is InChI=1S/C18H19F3N4O/c19-11-1-3-12(4-2-11)24-8-14-15(9-24)17(14)23-7-16(26)25-10-18(20,21)5-13(25)6-22/h1-4,13-15,17,23H,5,7-10H2/t13-,14?,15?,17?/m0/s1. The van der Waals surface area contributed by atoms with Crippen molar-refractivity contribution in [2.75, 3.05) is 31.1 Å². The van der Waals surface area contributed by atoms with Crippen LogP contribution in [0.25, 0.3) is 0 Å². The molecule has 1 aromatic carbocycles. The topological polar surface area (TPSA) is 59.4 Å². The molecule has 3 fully saturated rings. The van der Waals surface area contributed by atoms with Crippen molar-refractivity contribution in [1.29, 1.82) is 5.26 Å². The number of carbonyl (C=O) groups is 1. The number of rotatable bonds is 4. The van der Waals surface area contributed by atoms with Crippen LogP contribution in [-0.2, 0) is 4.79 Å². The molecule has 0 radical (unpaired) electrons. The minimum absolute atomic E-state index is 0.0253. The van der Waals surface area contributed by atoms with E-state index in [9.17, 15) is 18.0 Å². The first-order valence-corrected chi connectivity index (χ1v) is 8.69. The molecule has 3 atom stereocenters. The number of nitrogens with one attached hydrogen (secondary N) is 1. The number of alkyl halides is 2. The number of nitrogens with zero attached hydrogens (tertiary/aromatic N) is 3. The predicted octanol–water partition coefficient (Wildman–Crippen LogP) is 1.61. The van der Waals surface area contributed by atoms with Gasteiger partial charge in [0.15, 0.2) is 0 Å². The number of piperidine rings is 1. The fourth-order valence-electron chi connectivity index (χ4n) is 4.19. The van der Waals surface area contributed by atoms with Crippen LogP contribution in [-0.4, -0.2) is 55.0 Å². The molecule has 0 aromatic heterocycles. The van der Waals surface area contributed by atoms with Crippen molar-refractivity contribution in [3.05, 3.63) is 30.1 Å². The van der Waals surface area contributed by atoms with E-state index in [1.54, 1.807) is 18.2 Å². The van der Waals surface area contributed by atoms with Gasteiger partial charge in [0.1, 0.15) is 11.9 Å². The summed E-state index contributed by atoms with van der Waals surface area (Å²) in [5.41, 5.74) is 0.976. The molecule has 2 aliphatic heterocycles. The van der Waals surface area contributed by atoms with Gasteiger partial charge in [-0.15, -0.1) is 0 Å². The summed E-state index contributed by atoms with van der Waals surface area (Å²) in [6, 6.07) is 7.30. The van der Waals surface area contributed by atoms with Gasteiger partial charge in [-0.05, 0) is 36.1 Å². The Balaban J connectivity index is 1.26. The molecule has 1 aliphatic carbocycles. The first kappa shape index (κ1) is 17.2. The van der Waals surface area contributed by atoms with Gasteiger partial charge in [0.2, 0.25) is 5.91 Å². The second-order valence-electron chi connectivity index (χ2n) is 7.34. The van der Waals surface area contributed by atoms with Gasteiger partial charge < -0.3 is 15.1 Å². The van der Waals surface area contributed by atoms with Crippen LogP contribution in [0.1, 0.15) is 6.42 Å². The van der Waals surface area contributed by atoms with Gasteiger partial charge in [0, 0.05) is 31.2 Å². The van der Waals surface area contributed by atoms with Crippen LogP contribution >= 0.6 is 0 Å². The summed E-state index contributed by atoms with van der Waals surface area (Å²) in [6.07, 6.45) is -0.587. The van der Waals surface area contributed by atoms with Crippen LogP contribution < -0.4 is 10.2 Å². The molecule has 1 amide bonds. The zero-order valence-corrected chi connectivity index (χ0v) is 14.0. The van der Waals surface area contributed by atoms with E-state index in [2.05, 4.69) is 10.2 Å². The highest BCUT2D eigenvalue weighted by molar-refractivity contribution is 5.79. The molecule has 2 heterocycles. The van der Waals surface area contributed by atoms with Gasteiger partial charge >= 0.3 is 0 Å². The Morgan fingerprint density at radius 2 is 1.92 bits per heavy atom. The van der Waals surface area contributed by atoms with E-state index in [1.165, 1.54) is 12.1 Å². The lowest BCUT2D eigenvalue weighted by Crippen LogP contribution is -2.43. The number of nitriles is 1. The number of anilines is 1. The number of hydrogen-bond donors (Lipinski definition) is 1. The fourth-order valence-corrected chi connectivity index (χ4v) is 4.19. The van der Waals surface area contributed by atoms with Crippen molar-refractivity contribution in [2.45, 2.75) is 24.4 Å². The van der Waals surface area contributed by atoms with Crippen LogP contribution in [0.15, 0.2) is 24.3 Å². The van der Waals surface area contributed by atoms with Crippen molar-refractivity contribution >= 4 is 11.6 Å². The van der Waals surface area contributed by atoms with E-state index in [-0.39, 0.29) is 18.4 Å². The van der Waals surface area contributed by atoms with Gasteiger partial charge in [-0.3, -0.25) is 4.79 Å². The molecule has 138 valence electrons. The molecule has 2 saturated heterocycles. The van der Waals surface area contributed by atoms with Crippen molar-refractivity contribution in [1.82, 2.24) is 10.2 Å². The fraction of sp³-hybridized carbons (Fsp3) is 0.556. The molecule has 1 N–H and O–H groups in total. The molecule has 1 saturated carbocycles. The van der Waals surface area contributed by atoms with E-state index in [4.69, 9.17) is 5.26 Å². The van der Waals surface area contributed by atoms with Gasteiger partial charge in [-0.2, -0.15) is 5.26 Å². The van der Waals surface area contributed by atoms with Gasteiger partial charge in [-0.25, -0.2) is 13.2 Å². The minimum atomic E-state index is -2.98. The number of likely N-dealkylation sites (tertiary alicyclic amines) is 1. The Labute approximate surface area is 149 Å². The predicted molar refractivity (Wildman–Crippen MR) is 88.1 cm³/mol. The van der Waals surface area contributed by atoms with E-state index in [0.29, 0.717) is 11.8 Å². The van der Waals surface area contributed by atoms with Crippen LogP contribution in [0.3, 0.4) is 0 Å². The molecule has 1 aromatic rings. The SMILES string of the molecule is N#C[C@@H]1CC(F)(F)CN1C(=O)CNC1C2CN(c3ccc(F)cc3)CC21. The summed E-state index contributed by atoms with van der Waals surface area (Å²) in [5.74, 6) is -2.89. The van der Waals surface area contributed by atoms with Gasteiger partial charge in [-0.1, -0.05) is 0 Å². The first-order valence-electron chi connectivity index (χ1n) is 8.69. The maximum atomic E-state index is 13.4. The lowest BCUT2D eigenvalue weighted by Gasteiger charge is -2.23. The summed E-state index contributed by atoms with van der Waals surface area (Å²) >= 11 is 0. The van der Waals surface area contributed by atoms with E-state index in [1.807, 2.05) is 0 Å². The highest BCUT2D eigenvalue weighted by Crippen LogP contribution is 2.46. The largest absolute Gasteiger partial charge is 0.371 e. The number of amides is 1. The summed E-state index contributed by atoms with van der Waals surface area (Å²) in [7, 11) is 0. The molecule has 5 nitrogen and oxygen atoms in total. The molecule has 0 spiro atoms. The Morgan fingerprint density at radius 3 is 2.54 bits per heavy atom. The third-order valence-electron chi connectivity index (χ3n) is 5.61. The summed E-state index contributed by atoms with van der Waals surface area (Å²) in [6.45, 7) is 0.944. The smallest absolute Gasteiger partial charge is 0.268 e. The monoisotopic (exact) mass is 364 g/mol. The molecule has 3 aliphatic rings. The number of benzene rings is 1. The van der Waals surface area contributed by atoms with Crippen LogP contribution in [0, 0.1) is 29.0 Å². The average molecular weight is 364 g/mol. The number of halogens is 3. The second-order valence-corrected chi connectivity index (χ2v) is 7.34. The van der Waals surface area contributed by atoms with Crippen molar-refractivity contribution in [3.8, 4) is 6.07 Å². The van der Waals surface area contributed by atoms with E-state index >= 15 is 0 Å². The zero-order chi connectivity index (χ0) is 18.5. The molecule has 26 heavy (non-hydrogen) atoms. The summed E-state index contributed by atoms with van der Waals surface area (Å²) < 4.78 is 39.8. The van der Waals surface area contributed by atoms with Crippen molar-refractivity contribution < 1.29 is 18.0 Å². The van der Waals surface area contributed by atoms with Crippen LogP contribution in [0.5, 0.6) is 0 Å². The summed E-state index contributed by atoms with van der Waals surface area (Å²) in [5, 5.41) is 12.1. The van der Waals surface area contributed by atoms with E-state index in [0.717, 1.165) is 23.7 Å². The van der Waals surface area contributed by atoms with E-state index < -0.39 is 30.8 Å². The quantitative estimate of drug-likeness (QED) is 0.882. The maximum absolute atomic E-state index is 13.4. The first-order chi connectivity index (χ1) is 12.4. The zero-order valence-electron chi connectivity index (χ0n) is 14.0. The molecular formula is C18H19F3N4O. The van der Waals surface area contributed by atoms with Crippen molar-refractivity contribution in [2.24, 2.45) is 11.8 Å². The molecule has 4 rings (SSSR count). The maximum Gasteiger partial charge on any atom is 0.268 e. The van der Waals surface area contributed by atoms with Crippen molar-refractivity contribution in [3.63, 3.8) is 0 Å². The Morgan fingerprint density at radius 1 is 1.27 bits per heavy atom. The number of fused-ring (bicyclic) bond motifs is 1. The number of carbonyl (C=O) groups excluding carboxylic acids is 1. The highest BCUT2D eigenvalue weighted by atomic mass is 19.3. The molecule has 8 heteroatoms. The average Bonchev–Trinajstić information content (AvgIpc) is 2.94. The van der Waals surface area contributed by atoms with Gasteiger partial charge in [0.05, 0.1) is 19.2 Å². The lowest BCUT2D eigenvalue weighted by molar-refractivity contribution is -0.131. The highest BCUT2D eigenvalue weighted by Gasteiger charge is 2.56. The minimum Gasteiger partial charge on any atom is -0.371 e. The normalized spacial score (nSPS) is 31.6. The Bertz CT molecular complexity index is 736. The van der Waals surface area contributed by atoms with Gasteiger partial charge in [0.25, 0.3) is 5.92 Å². The molecular weight excluding hydrogens is 345 g/mol. The molecule has 2 unspecified atom stereocenters. The number of hydrogen-bond acceptors (Lipinski definition) is 4. The Kier molecular flexibility index (Phi) is 4.07. The van der Waals surface area contributed by atoms with Crippen LogP contribution in [0.4, 0.5) is 18.9 Å². The Hall–Kier alpha value is -2.27. The lowest BCUT2D eigenvalue weighted by atomic mass is 10.2.